The molecule has 8 heteroatoms. The van der Waals surface area contributed by atoms with Gasteiger partial charge in [0, 0.05) is 10.2 Å². The van der Waals surface area contributed by atoms with Crippen LogP contribution in [0.2, 0.25) is 10.0 Å². The van der Waals surface area contributed by atoms with E-state index < -0.39 is 10.0 Å². The van der Waals surface area contributed by atoms with Crippen molar-refractivity contribution in [2.24, 2.45) is 0 Å². The maximum Gasteiger partial charge on any atom is 0.264 e. The first-order valence-corrected chi connectivity index (χ1v) is 8.77. The molecule has 0 aliphatic carbocycles. The van der Waals surface area contributed by atoms with Gasteiger partial charge in [0.05, 0.1) is 15.7 Å². The smallest absolute Gasteiger partial charge is 0.264 e. The summed E-state index contributed by atoms with van der Waals surface area (Å²) in [6.07, 6.45) is 0. The third kappa shape index (κ3) is 3.63. The van der Waals surface area contributed by atoms with Crippen LogP contribution in [-0.2, 0) is 10.0 Å². The Morgan fingerprint density at radius 1 is 1.14 bits per heavy atom. The zero-order valence-electron chi connectivity index (χ0n) is 10.8. The SMILES string of the molecule is Cc1ccc(Br)c(NS(=O)(=O)c2c(Cl)cc(N)cc2Cl)c1. The van der Waals surface area contributed by atoms with E-state index in [1.165, 1.54) is 12.1 Å². The van der Waals surface area contributed by atoms with Gasteiger partial charge in [-0.05, 0) is 52.7 Å². The highest BCUT2D eigenvalue weighted by Gasteiger charge is 2.23. The van der Waals surface area contributed by atoms with Crippen LogP contribution >= 0.6 is 39.1 Å². The summed E-state index contributed by atoms with van der Waals surface area (Å²) in [5, 5.41) is -0.0625. The van der Waals surface area contributed by atoms with E-state index in [0.717, 1.165) is 5.56 Å². The van der Waals surface area contributed by atoms with Crippen LogP contribution in [-0.4, -0.2) is 8.42 Å². The van der Waals surface area contributed by atoms with Crippen LogP contribution in [0.4, 0.5) is 11.4 Å². The van der Waals surface area contributed by atoms with Gasteiger partial charge in [0.15, 0.2) is 0 Å². The standard InChI is InChI=1S/C13H11BrCl2N2O2S/c1-7-2-3-9(14)12(4-7)18-21(19,20)13-10(15)5-8(17)6-11(13)16/h2-6,18H,17H2,1H3. The van der Waals surface area contributed by atoms with Crippen molar-refractivity contribution in [2.45, 2.75) is 11.8 Å². The Morgan fingerprint density at radius 3 is 2.29 bits per heavy atom. The maximum atomic E-state index is 12.5. The molecule has 2 aromatic carbocycles. The van der Waals surface area contributed by atoms with Crippen LogP contribution in [0, 0.1) is 6.92 Å². The molecule has 0 aliphatic heterocycles. The second-order valence-electron chi connectivity index (χ2n) is 4.40. The van der Waals surface area contributed by atoms with Gasteiger partial charge in [0.1, 0.15) is 4.90 Å². The van der Waals surface area contributed by atoms with E-state index in [9.17, 15) is 8.42 Å². The van der Waals surface area contributed by atoms with Crippen molar-refractivity contribution in [2.75, 3.05) is 10.5 Å². The van der Waals surface area contributed by atoms with Crippen LogP contribution in [0.25, 0.3) is 0 Å². The topological polar surface area (TPSA) is 72.2 Å². The van der Waals surface area contributed by atoms with Gasteiger partial charge in [-0.25, -0.2) is 8.42 Å². The molecule has 0 bridgehead atoms. The van der Waals surface area contributed by atoms with Crippen molar-refractivity contribution in [3.05, 3.63) is 50.4 Å². The maximum absolute atomic E-state index is 12.5. The lowest BCUT2D eigenvalue weighted by atomic mass is 10.2. The lowest BCUT2D eigenvalue weighted by Gasteiger charge is -2.13. The van der Waals surface area contributed by atoms with Gasteiger partial charge in [-0.3, -0.25) is 4.72 Å². The van der Waals surface area contributed by atoms with Crippen molar-refractivity contribution in [1.82, 2.24) is 0 Å². The lowest BCUT2D eigenvalue weighted by Crippen LogP contribution is -2.14. The van der Waals surface area contributed by atoms with Gasteiger partial charge in [0.25, 0.3) is 10.0 Å². The van der Waals surface area contributed by atoms with Gasteiger partial charge >= 0.3 is 0 Å². The molecular weight excluding hydrogens is 399 g/mol. The molecule has 0 heterocycles. The van der Waals surface area contributed by atoms with Crippen LogP contribution in [0.5, 0.6) is 0 Å². The third-order valence-electron chi connectivity index (χ3n) is 2.66. The normalized spacial score (nSPS) is 11.4. The fourth-order valence-corrected chi connectivity index (χ4v) is 4.53. The third-order valence-corrected chi connectivity index (χ3v) is 5.63. The monoisotopic (exact) mass is 408 g/mol. The highest BCUT2D eigenvalue weighted by atomic mass is 79.9. The number of benzene rings is 2. The fourth-order valence-electron chi connectivity index (χ4n) is 1.75. The summed E-state index contributed by atoms with van der Waals surface area (Å²) in [7, 11) is -3.93. The highest BCUT2D eigenvalue weighted by Crippen LogP contribution is 2.34. The molecule has 0 atom stereocenters. The molecule has 0 radical (unpaired) electrons. The number of anilines is 2. The lowest BCUT2D eigenvalue weighted by molar-refractivity contribution is 0.601. The first-order valence-electron chi connectivity index (χ1n) is 5.74. The molecule has 0 aromatic heterocycles. The van der Waals surface area contributed by atoms with E-state index in [1.807, 2.05) is 13.0 Å². The molecular formula is C13H11BrCl2N2O2S. The van der Waals surface area contributed by atoms with E-state index in [4.69, 9.17) is 28.9 Å². The predicted molar refractivity (Wildman–Crippen MR) is 90.6 cm³/mol. The molecule has 0 amide bonds. The number of hydrogen-bond donors (Lipinski definition) is 2. The van der Waals surface area contributed by atoms with Crippen molar-refractivity contribution in [1.29, 1.82) is 0 Å². The Bertz CT molecular complexity index is 787. The van der Waals surface area contributed by atoms with Gasteiger partial charge in [0.2, 0.25) is 0 Å². The van der Waals surface area contributed by atoms with Crippen molar-refractivity contribution >= 4 is 60.5 Å². The molecule has 0 unspecified atom stereocenters. The molecule has 21 heavy (non-hydrogen) atoms. The summed E-state index contributed by atoms with van der Waals surface area (Å²) in [5.74, 6) is 0. The molecule has 2 rings (SSSR count). The minimum atomic E-state index is -3.93. The number of aryl methyl sites for hydroxylation is 1. The van der Waals surface area contributed by atoms with Crippen LogP contribution in [0.1, 0.15) is 5.56 Å². The van der Waals surface area contributed by atoms with E-state index in [1.54, 1.807) is 12.1 Å². The van der Waals surface area contributed by atoms with Crippen LogP contribution < -0.4 is 10.5 Å². The first-order chi connectivity index (χ1) is 9.70. The first kappa shape index (κ1) is 16.4. The number of nitrogens with two attached hydrogens (primary N) is 1. The summed E-state index contributed by atoms with van der Waals surface area (Å²) in [4.78, 5) is -0.201. The Labute approximate surface area is 141 Å². The largest absolute Gasteiger partial charge is 0.399 e. The van der Waals surface area contributed by atoms with Crippen LogP contribution in [0.15, 0.2) is 39.7 Å². The van der Waals surface area contributed by atoms with Gasteiger partial charge in [-0.15, -0.1) is 0 Å². The average molecular weight is 410 g/mol. The summed E-state index contributed by atoms with van der Waals surface area (Å²) >= 11 is 15.2. The van der Waals surface area contributed by atoms with E-state index >= 15 is 0 Å². The molecule has 3 N–H and O–H groups in total. The number of sulfonamides is 1. The van der Waals surface area contributed by atoms with Gasteiger partial charge in [-0.1, -0.05) is 29.3 Å². The second-order valence-corrected chi connectivity index (χ2v) is 7.69. The van der Waals surface area contributed by atoms with Crippen molar-refractivity contribution < 1.29 is 8.42 Å². The van der Waals surface area contributed by atoms with E-state index in [2.05, 4.69) is 20.7 Å². The Hall–Kier alpha value is -0.950. The number of halogens is 3. The quantitative estimate of drug-likeness (QED) is 0.735. The minimum Gasteiger partial charge on any atom is -0.399 e. The minimum absolute atomic E-state index is 0.0312. The Kier molecular flexibility index (Phi) is 4.72. The molecule has 4 nitrogen and oxygen atoms in total. The zero-order chi connectivity index (χ0) is 15.8. The van der Waals surface area contributed by atoms with Crippen molar-refractivity contribution in [3.63, 3.8) is 0 Å². The molecule has 0 aliphatic rings. The molecule has 0 fully saturated rings. The molecule has 0 saturated carbocycles. The fraction of sp³-hybridized carbons (Fsp3) is 0.0769. The number of nitrogens with one attached hydrogen (secondary N) is 1. The Balaban J connectivity index is 2.51. The average Bonchev–Trinajstić information content (AvgIpc) is 2.31. The van der Waals surface area contributed by atoms with E-state index in [-0.39, 0.29) is 14.9 Å². The van der Waals surface area contributed by atoms with E-state index in [0.29, 0.717) is 15.8 Å². The summed E-state index contributed by atoms with van der Waals surface area (Å²) in [5.41, 5.74) is 7.18. The number of rotatable bonds is 3. The van der Waals surface area contributed by atoms with Crippen molar-refractivity contribution in [3.8, 4) is 0 Å². The number of hydrogen-bond acceptors (Lipinski definition) is 3. The summed E-state index contributed by atoms with van der Waals surface area (Å²) in [6.45, 7) is 1.85. The van der Waals surface area contributed by atoms with Crippen LogP contribution in [0.3, 0.4) is 0 Å². The second kappa shape index (κ2) is 6.04. The summed E-state index contributed by atoms with van der Waals surface area (Å²) in [6, 6.07) is 7.98. The molecule has 0 saturated heterocycles. The highest BCUT2D eigenvalue weighted by molar-refractivity contribution is 9.10. The predicted octanol–water partition coefficient (Wildman–Crippen LogP) is 4.45. The molecule has 112 valence electrons. The number of nitrogen functional groups attached to an aromatic ring is 1. The summed E-state index contributed by atoms with van der Waals surface area (Å²) < 4.78 is 28.0. The zero-order valence-corrected chi connectivity index (χ0v) is 14.7. The van der Waals surface area contributed by atoms with Gasteiger partial charge in [-0.2, -0.15) is 0 Å². The molecule has 0 spiro atoms. The molecule has 2 aromatic rings. The van der Waals surface area contributed by atoms with Gasteiger partial charge < -0.3 is 5.73 Å². The Morgan fingerprint density at radius 2 is 1.71 bits per heavy atom.